The van der Waals surface area contributed by atoms with Crippen LogP contribution in [0.2, 0.25) is 0 Å². The van der Waals surface area contributed by atoms with Gasteiger partial charge in [-0.1, -0.05) is 12.1 Å². The summed E-state index contributed by atoms with van der Waals surface area (Å²) in [4.78, 5) is 12.3. The fraction of sp³-hybridized carbons (Fsp3) is 0.0714. The first-order valence-corrected chi connectivity index (χ1v) is 6.47. The molecule has 2 rings (SSSR count). The second-order valence-electron chi connectivity index (χ2n) is 3.65. The number of thioether (sulfide) groups is 1. The first-order valence-electron chi connectivity index (χ1n) is 5.49. The minimum Gasteiger partial charge on any atom is -0.423 e. The van der Waals surface area contributed by atoms with Crippen molar-refractivity contribution in [1.82, 2.24) is 0 Å². The third kappa shape index (κ3) is 4.06. The van der Waals surface area contributed by atoms with E-state index in [0.717, 1.165) is 4.90 Å². The van der Waals surface area contributed by atoms with Gasteiger partial charge in [-0.05, 0) is 36.4 Å². The average Bonchev–Trinajstić information content (AvgIpc) is 2.41. The minimum atomic E-state index is -0.581. The van der Waals surface area contributed by atoms with Crippen LogP contribution in [0.1, 0.15) is 0 Å². The van der Waals surface area contributed by atoms with E-state index in [0.29, 0.717) is 0 Å². The number of ether oxygens (including phenoxy) is 1. The predicted octanol–water partition coefficient (Wildman–Crippen LogP) is 3.66. The van der Waals surface area contributed by atoms with E-state index >= 15 is 0 Å². The van der Waals surface area contributed by atoms with Crippen molar-refractivity contribution in [3.05, 3.63) is 60.2 Å². The van der Waals surface area contributed by atoms with E-state index in [1.807, 2.05) is 0 Å². The largest absolute Gasteiger partial charge is 0.423 e. The molecule has 0 aliphatic carbocycles. The molecule has 5 heteroatoms. The predicted molar refractivity (Wildman–Crippen MR) is 69.2 cm³/mol. The Balaban J connectivity index is 1.88. The average molecular weight is 280 g/mol. The summed E-state index contributed by atoms with van der Waals surface area (Å²) in [5, 5.41) is 0. The lowest BCUT2D eigenvalue weighted by Gasteiger charge is -2.05. The molecule has 0 heterocycles. The van der Waals surface area contributed by atoms with Crippen LogP contribution < -0.4 is 4.74 Å². The molecule has 0 N–H and O–H groups in total. The molecule has 2 aromatic carbocycles. The third-order valence-corrected chi connectivity index (χ3v) is 3.22. The highest BCUT2D eigenvalue weighted by atomic mass is 32.2. The summed E-state index contributed by atoms with van der Waals surface area (Å²) in [6.45, 7) is 0. The Hall–Kier alpha value is -1.88. The van der Waals surface area contributed by atoms with Gasteiger partial charge >= 0.3 is 5.97 Å². The van der Waals surface area contributed by atoms with Crippen LogP contribution >= 0.6 is 11.8 Å². The monoisotopic (exact) mass is 280 g/mol. The number of hydrogen-bond donors (Lipinski definition) is 0. The maximum Gasteiger partial charge on any atom is 0.321 e. The number of halogens is 2. The van der Waals surface area contributed by atoms with Gasteiger partial charge < -0.3 is 4.74 Å². The second-order valence-corrected chi connectivity index (χ2v) is 4.70. The van der Waals surface area contributed by atoms with E-state index in [-0.39, 0.29) is 17.3 Å². The van der Waals surface area contributed by atoms with Crippen LogP contribution in [0.5, 0.6) is 5.75 Å². The highest BCUT2D eigenvalue weighted by Gasteiger charge is 2.09. The Morgan fingerprint density at radius 1 is 1.05 bits per heavy atom. The van der Waals surface area contributed by atoms with Gasteiger partial charge in [-0.2, -0.15) is 0 Å². The van der Waals surface area contributed by atoms with Crippen molar-refractivity contribution < 1.29 is 18.3 Å². The number of rotatable bonds is 4. The minimum absolute atomic E-state index is 0.0277. The normalized spacial score (nSPS) is 10.2. The van der Waals surface area contributed by atoms with Crippen LogP contribution in [0.3, 0.4) is 0 Å². The van der Waals surface area contributed by atoms with Crippen molar-refractivity contribution in [2.24, 2.45) is 0 Å². The van der Waals surface area contributed by atoms with Crippen LogP contribution in [0, 0.1) is 11.6 Å². The van der Waals surface area contributed by atoms with Crippen molar-refractivity contribution in [2.75, 3.05) is 5.75 Å². The lowest BCUT2D eigenvalue weighted by molar-refractivity contribution is -0.131. The lowest BCUT2D eigenvalue weighted by atomic mass is 10.3. The van der Waals surface area contributed by atoms with Crippen LogP contribution in [-0.4, -0.2) is 11.7 Å². The molecule has 0 atom stereocenters. The Kier molecular flexibility index (Phi) is 4.52. The summed E-state index contributed by atoms with van der Waals surface area (Å²) in [5.41, 5.74) is 0. The third-order valence-electron chi connectivity index (χ3n) is 2.23. The van der Waals surface area contributed by atoms with Crippen molar-refractivity contribution in [1.29, 1.82) is 0 Å². The molecule has 0 aliphatic heterocycles. The van der Waals surface area contributed by atoms with E-state index < -0.39 is 11.8 Å². The topological polar surface area (TPSA) is 26.3 Å². The zero-order valence-corrected chi connectivity index (χ0v) is 10.6. The highest BCUT2D eigenvalue weighted by molar-refractivity contribution is 8.00. The molecule has 0 unspecified atom stereocenters. The van der Waals surface area contributed by atoms with Gasteiger partial charge in [0, 0.05) is 4.90 Å². The number of carbonyl (C=O) groups excluding carboxylic acids is 1. The molecule has 19 heavy (non-hydrogen) atoms. The van der Waals surface area contributed by atoms with E-state index in [9.17, 15) is 13.6 Å². The van der Waals surface area contributed by atoms with E-state index in [1.54, 1.807) is 18.2 Å². The van der Waals surface area contributed by atoms with Gasteiger partial charge in [-0.3, -0.25) is 4.79 Å². The molecule has 0 saturated carbocycles. The molecule has 0 spiro atoms. The molecule has 2 nitrogen and oxygen atoms in total. The maximum absolute atomic E-state index is 13.2. The molecule has 2 aromatic rings. The van der Waals surface area contributed by atoms with Gasteiger partial charge in [-0.25, -0.2) is 8.78 Å². The SMILES string of the molecule is O=C(CSc1ccc(F)cc1)Oc1ccccc1F. The van der Waals surface area contributed by atoms with Crippen molar-refractivity contribution >= 4 is 17.7 Å². The van der Waals surface area contributed by atoms with Gasteiger partial charge in [-0.15, -0.1) is 11.8 Å². The molecule has 0 radical (unpaired) electrons. The van der Waals surface area contributed by atoms with E-state index in [1.165, 1.54) is 42.1 Å². The fourth-order valence-electron chi connectivity index (χ4n) is 1.35. The molecular weight excluding hydrogens is 270 g/mol. The number of para-hydroxylation sites is 1. The smallest absolute Gasteiger partial charge is 0.321 e. The van der Waals surface area contributed by atoms with Crippen LogP contribution in [-0.2, 0) is 4.79 Å². The number of carbonyl (C=O) groups is 1. The van der Waals surface area contributed by atoms with E-state index in [2.05, 4.69) is 0 Å². The Morgan fingerprint density at radius 3 is 2.42 bits per heavy atom. The first kappa shape index (κ1) is 13.5. The number of benzene rings is 2. The molecule has 0 aliphatic rings. The number of hydrogen-bond acceptors (Lipinski definition) is 3. The molecule has 98 valence electrons. The zero-order chi connectivity index (χ0) is 13.7. The molecular formula is C14H10F2O2S. The molecule has 0 amide bonds. The molecule has 0 bridgehead atoms. The fourth-order valence-corrected chi connectivity index (χ4v) is 2.02. The lowest BCUT2D eigenvalue weighted by Crippen LogP contribution is -2.11. The quantitative estimate of drug-likeness (QED) is 0.485. The van der Waals surface area contributed by atoms with E-state index in [4.69, 9.17) is 4.74 Å². The van der Waals surface area contributed by atoms with Crippen LogP contribution in [0.4, 0.5) is 8.78 Å². The summed E-state index contributed by atoms with van der Waals surface area (Å²) in [5.74, 6) is -1.53. The Labute approximate surface area is 113 Å². The van der Waals surface area contributed by atoms with Crippen molar-refractivity contribution in [2.45, 2.75) is 4.90 Å². The summed E-state index contributed by atoms with van der Waals surface area (Å²) < 4.78 is 30.8. The Morgan fingerprint density at radius 2 is 1.74 bits per heavy atom. The maximum atomic E-state index is 13.2. The summed E-state index contributed by atoms with van der Waals surface area (Å²) >= 11 is 1.20. The standard InChI is InChI=1S/C14H10F2O2S/c15-10-5-7-11(8-6-10)19-9-14(17)18-13-4-2-1-3-12(13)16/h1-8H,9H2. The molecule has 0 fully saturated rings. The van der Waals surface area contributed by atoms with Gasteiger partial charge in [0.1, 0.15) is 5.82 Å². The zero-order valence-electron chi connectivity index (χ0n) is 9.81. The molecule has 0 aromatic heterocycles. The van der Waals surface area contributed by atoms with Gasteiger partial charge in [0.05, 0.1) is 5.75 Å². The first-order chi connectivity index (χ1) is 9.15. The van der Waals surface area contributed by atoms with Crippen molar-refractivity contribution in [3.63, 3.8) is 0 Å². The van der Waals surface area contributed by atoms with Crippen LogP contribution in [0.15, 0.2) is 53.4 Å². The highest BCUT2D eigenvalue weighted by Crippen LogP contribution is 2.20. The van der Waals surface area contributed by atoms with Gasteiger partial charge in [0.2, 0.25) is 0 Å². The number of esters is 1. The molecule has 0 saturated heterocycles. The van der Waals surface area contributed by atoms with Crippen molar-refractivity contribution in [3.8, 4) is 5.75 Å². The van der Waals surface area contributed by atoms with Gasteiger partial charge in [0.15, 0.2) is 11.6 Å². The van der Waals surface area contributed by atoms with Gasteiger partial charge in [0.25, 0.3) is 0 Å². The second kappa shape index (κ2) is 6.33. The summed E-state index contributed by atoms with van der Waals surface area (Å²) in [6.07, 6.45) is 0. The summed E-state index contributed by atoms with van der Waals surface area (Å²) in [6, 6.07) is 11.5. The summed E-state index contributed by atoms with van der Waals surface area (Å²) in [7, 11) is 0. The van der Waals surface area contributed by atoms with Crippen LogP contribution in [0.25, 0.3) is 0 Å². The Bertz CT molecular complexity index is 570.